The summed E-state index contributed by atoms with van der Waals surface area (Å²) in [6.45, 7) is 0.779. The third-order valence-electron chi connectivity index (χ3n) is 3.86. The van der Waals surface area contributed by atoms with Crippen LogP contribution in [0.5, 0.6) is 11.5 Å². The number of halogens is 1. The number of likely N-dealkylation sites (tertiary alicyclic amines) is 1. The predicted molar refractivity (Wildman–Crippen MR) is 88.7 cm³/mol. The molecular weight excluding hydrogens is 311 g/mol. The van der Waals surface area contributed by atoms with E-state index >= 15 is 0 Å². The van der Waals surface area contributed by atoms with Crippen molar-refractivity contribution in [2.45, 2.75) is 18.9 Å². The molecule has 0 unspecified atom stereocenters. The first-order valence-electron chi connectivity index (χ1n) is 7.89. The fourth-order valence-corrected chi connectivity index (χ4v) is 2.65. The Bertz CT molecular complexity index is 709. The van der Waals surface area contributed by atoms with Crippen LogP contribution >= 0.6 is 0 Å². The summed E-state index contributed by atoms with van der Waals surface area (Å²) in [5.74, 6) is 0.202. The fourth-order valence-electron chi connectivity index (χ4n) is 2.65. The number of para-hydroxylation sites is 2. The van der Waals surface area contributed by atoms with E-state index < -0.39 is 18.0 Å². The van der Waals surface area contributed by atoms with Gasteiger partial charge < -0.3 is 20.1 Å². The lowest BCUT2D eigenvalue weighted by atomic mass is 10.1. The molecule has 1 saturated heterocycles. The number of carbonyl (C=O) groups excluding carboxylic acids is 1. The summed E-state index contributed by atoms with van der Waals surface area (Å²) in [6, 6.07) is 12.9. The van der Waals surface area contributed by atoms with Crippen LogP contribution in [0, 0.1) is 5.82 Å². The van der Waals surface area contributed by atoms with Gasteiger partial charge in [-0.3, -0.25) is 0 Å². The molecule has 0 bridgehead atoms. The van der Waals surface area contributed by atoms with Crippen molar-refractivity contribution in [1.29, 1.82) is 0 Å². The fraction of sp³-hybridized carbons (Fsp3) is 0.278. The highest BCUT2D eigenvalue weighted by molar-refractivity contribution is 5.91. The van der Waals surface area contributed by atoms with Crippen LogP contribution in [0.2, 0.25) is 0 Å². The molecule has 3 rings (SSSR count). The molecule has 0 spiro atoms. The second-order valence-corrected chi connectivity index (χ2v) is 5.70. The van der Waals surface area contributed by atoms with Crippen LogP contribution in [-0.4, -0.2) is 35.2 Å². The number of piperidine rings is 1. The van der Waals surface area contributed by atoms with Crippen LogP contribution in [0.15, 0.2) is 48.5 Å². The molecule has 2 aromatic carbocycles. The average molecular weight is 330 g/mol. The summed E-state index contributed by atoms with van der Waals surface area (Å²) in [7, 11) is 0. The number of nitrogens with zero attached hydrogens (tertiary/aromatic N) is 1. The van der Waals surface area contributed by atoms with E-state index in [0.717, 1.165) is 6.42 Å². The van der Waals surface area contributed by atoms with Crippen molar-refractivity contribution in [3.05, 3.63) is 54.3 Å². The van der Waals surface area contributed by atoms with Crippen molar-refractivity contribution in [2.75, 3.05) is 18.4 Å². The van der Waals surface area contributed by atoms with Crippen LogP contribution in [0.1, 0.15) is 12.8 Å². The van der Waals surface area contributed by atoms with Gasteiger partial charge in [-0.05, 0) is 37.1 Å². The normalized spacial score (nSPS) is 17.4. The Morgan fingerprint density at radius 2 is 2.00 bits per heavy atom. The van der Waals surface area contributed by atoms with E-state index in [1.54, 1.807) is 18.2 Å². The Kier molecular flexibility index (Phi) is 4.96. The molecule has 1 aliphatic heterocycles. The van der Waals surface area contributed by atoms with E-state index in [1.807, 2.05) is 18.2 Å². The summed E-state index contributed by atoms with van der Waals surface area (Å²) in [4.78, 5) is 13.8. The van der Waals surface area contributed by atoms with Crippen molar-refractivity contribution in [1.82, 2.24) is 4.90 Å². The molecule has 1 aliphatic rings. The number of amides is 2. The Balaban J connectivity index is 1.78. The Morgan fingerprint density at radius 1 is 1.21 bits per heavy atom. The smallest absolute Gasteiger partial charge is 0.322 e. The van der Waals surface area contributed by atoms with E-state index in [1.165, 1.54) is 17.0 Å². The minimum absolute atomic E-state index is 0.00795. The number of benzene rings is 2. The lowest BCUT2D eigenvalue weighted by Gasteiger charge is -2.30. The molecule has 0 radical (unpaired) electrons. The number of aliphatic hydroxyl groups excluding tert-OH is 1. The van der Waals surface area contributed by atoms with Gasteiger partial charge in [0.1, 0.15) is 11.4 Å². The van der Waals surface area contributed by atoms with Crippen molar-refractivity contribution in [3.8, 4) is 11.5 Å². The molecule has 2 amide bonds. The third kappa shape index (κ3) is 3.83. The van der Waals surface area contributed by atoms with Gasteiger partial charge in [0, 0.05) is 13.1 Å². The Hall–Kier alpha value is -2.60. The largest absolute Gasteiger partial charge is 0.455 e. The second-order valence-electron chi connectivity index (χ2n) is 5.70. The monoisotopic (exact) mass is 330 g/mol. The van der Waals surface area contributed by atoms with E-state index in [2.05, 4.69) is 5.32 Å². The van der Waals surface area contributed by atoms with Crippen molar-refractivity contribution in [2.24, 2.45) is 0 Å². The number of nitrogens with one attached hydrogen (secondary N) is 1. The molecule has 2 N–H and O–H groups in total. The Morgan fingerprint density at radius 3 is 2.75 bits per heavy atom. The van der Waals surface area contributed by atoms with Gasteiger partial charge in [-0.25, -0.2) is 9.18 Å². The van der Waals surface area contributed by atoms with Crippen LogP contribution in [-0.2, 0) is 0 Å². The standard InChI is InChI=1S/C18H19FN2O3/c19-15-9-4-10-16(24-14-7-2-1-3-8-14)17(15)20-18(23)21-11-5-6-13(22)12-21/h1-4,7-10,13,22H,5-6,11-12H2,(H,20,23)/t13-/m0/s1. The first-order chi connectivity index (χ1) is 11.6. The van der Waals surface area contributed by atoms with E-state index in [-0.39, 0.29) is 18.0 Å². The summed E-state index contributed by atoms with van der Waals surface area (Å²) < 4.78 is 19.9. The zero-order chi connectivity index (χ0) is 16.9. The van der Waals surface area contributed by atoms with E-state index in [9.17, 15) is 14.3 Å². The highest BCUT2D eigenvalue weighted by atomic mass is 19.1. The van der Waals surface area contributed by atoms with Gasteiger partial charge in [0.15, 0.2) is 11.6 Å². The molecule has 0 aliphatic carbocycles. The molecule has 2 aromatic rings. The number of urea groups is 1. The summed E-state index contributed by atoms with van der Waals surface area (Å²) in [5, 5.41) is 12.2. The van der Waals surface area contributed by atoms with Gasteiger partial charge in [-0.1, -0.05) is 24.3 Å². The number of aliphatic hydroxyl groups is 1. The summed E-state index contributed by atoms with van der Waals surface area (Å²) in [5.41, 5.74) is -0.00795. The first kappa shape index (κ1) is 16.3. The van der Waals surface area contributed by atoms with E-state index in [4.69, 9.17) is 4.74 Å². The van der Waals surface area contributed by atoms with Gasteiger partial charge in [0.25, 0.3) is 0 Å². The second kappa shape index (κ2) is 7.31. The zero-order valence-electron chi connectivity index (χ0n) is 13.1. The van der Waals surface area contributed by atoms with Crippen LogP contribution < -0.4 is 10.1 Å². The lowest BCUT2D eigenvalue weighted by molar-refractivity contribution is 0.0883. The number of β-amino-alcohol motifs (C(OH)–C–C–N with tert-alkyl or cyclic N) is 1. The molecule has 1 heterocycles. The Labute approximate surface area is 139 Å². The number of carbonyl (C=O) groups is 1. The maximum Gasteiger partial charge on any atom is 0.322 e. The van der Waals surface area contributed by atoms with Gasteiger partial charge >= 0.3 is 6.03 Å². The average Bonchev–Trinajstić information content (AvgIpc) is 2.59. The topological polar surface area (TPSA) is 61.8 Å². The SMILES string of the molecule is O=C(Nc1c(F)cccc1Oc1ccccc1)N1CCC[C@H](O)C1. The van der Waals surface area contributed by atoms with E-state index in [0.29, 0.717) is 18.7 Å². The lowest BCUT2D eigenvalue weighted by Crippen LogP contribution is -2.44. The van der Waals surface area contributed by atoms with Gasteiger partial charge in [-0.2, -0.15) is 0 Å². The molecule has 1 fully saturated rings. The van der Waals surface area contributed by atoms with Gasteiger partial charge in [0.05, 0.1) is 6.10 Å². The van der Waals surface area contributed by atoms with Crippen molar-refractivity contribution in [3.63, 3.8) is 0 Å². The highest BCUT2D eigenvalue weighted by Crippen LogP contribution is 2.32. The summed E-state index contributed by atoms with van der Waals surface area (Å²) >= 11 is 0. The minimum atomic E-state index is -0.575. The van der Waals surface area contributed by atoms with Crippen molar-refractivity contribution >= 4 is 11.7 Å². The first-order valence-corrected chi connectivity index (χ1v) is 7.89. The quantitative estimate of drug-likeness (QED) is 0.904. The minimum Gasteiger partial charge on any atom is -0.455 e. The number of rotatable bonds is 3. The third-order valence-corrected chi connectivity index (χ3v) is 3.86. The van der Waals surface area contributed by atoms with Gasteiger partial charge in [0.2, 0.25) is 0 Å². The molecular formula is C18H19FN2O3. The highest BCUT2D eigenvalue weighted by Gasteiger charge is 2.24. The maximum atomic E-state index is 14.2. The number of ether oxygens (including phenoxy) is 1. The maximum absolute atomic E-state index is 14.2. The molecule has 6 heteroatoms. The van der Waals surface area contributed by atoms with Crippen LogP contribution in [0.25, 0.3) is 0 Å². The number of hydrogen-bond acceptors (Lipinski definition) is 3. The van der Waals surface area contributed by atoms with Crippen molar-refractivity contribution < 1.29 is 19.0 Å². The predicted octanol–water partition coefficient (Wildman–Crippen LogP) is 3.61. The van der Waals surface area contributed by atoms with Gasteiger partial charge in [-0.15, -0.1) is 0 Å². The van der Waals surface area contributed by atoms with Crippen LogP contribution in [0.4, 0.5) is 14.9 Å². The van der Waals surface area contributed by atoms with Crippen LogP contribution in [0.3, 0.4) is 0 Å². The molecule has 24 heavy (non-hydrogen) atoms. The molecule has 126 valence electrons. The zero-order valence-corrected chi connectivity index (χ0v) is 13.1. The molecule has 0 aromatic heterocycles. The molecule has 5 nitrogen and oxygen atoms in total. The molecule has 1 atom stereocenters. The molecule has 0 saturated carbocycles. The number of anilines is 1. The number of hydrogen-bond donors (Lipinski definition) is 2. The summed E-state index contributed by atoms with van der Waals surface area (Å²) in [6.07, 6.45) is 0.857.